The Morgan fingerprint density at radius 3 is 1.24 bits per heavy atom. The highest BCUT2D eigenvalue weighted by molar-refractivity contribution is 6.06. The van der Waals surface area contributed by atoms with E-state index >= 15 is 0 Å². The van der Waals surface area contributed by atoms with Crippen LogP contribution in [0, 0.1) is 0 Å². The zero-order valence-electron chi connectivity index (χ0n) is 41.1. The van der Waals surface area contributed by atoms with Crippen LogP contribution in [0.25, 0.3) is 88.7 Å². The predicted octanol–water partition coefficient (Wildman–Crippen LogP) is 19.8. The molecule has 0 unspecified atom stereocenters. The minimum atomic E-state index is -0.469. The summed E-state index contributed by atoms with van der Waals surface area (Å²) >= 11 is 0. The maximum Gasteiger partial charge on any atom is 0.135 e. The fraction of sp³-hybridized carbons (Fsp3) is 0.0137. The maximum absolute atomic E-state index is 6.19. The van der Waals surface area contributed by atoms with E-state index < -0.39 is 5.41 Å². The van der Waals surface area contributed by atoms with Crippen LogP contribution in [0.1, 0.15) is 22.3 Å². The minimum absolute atomic E-state index is 0.469. The average molecular weight is 956 g/mol. The first-order chi connectivity index (χ1) is 37.2. The van der Waals surface area contributed by atoms with Crippen molar-refractivity contribution in [2.75, 3.05) is 4.90 Å². The molecule has 0 spiro atoms. The summed E-state index contributed by atoms with van der Waals surface area (Å²) in [5.74, 6) is 0. The van der Waals surface area contributed by atoms with Crippen LogP contribution < -0.4 is 4.90 Å². The monoisotopic (exact) mass is 955 g/mol. The van der Waals surface area contributed by atoms with E-state index in [2.05, 4.69) is 290 Å². The van der Waals surface area contributed by atoms with Gasteiger partial charge in [-0.05, 0) is 162 Å². The van der Waals surface area contributed by atoms with Gasteiger partial charge in [0.05, 0.1) is 5.41 Å². The molecule has 14 rings (SSSR count). The lowest BCUT2D eigenvalue weighted by Gasteiger charge is -2.34. The van der Waals surface area contributed by atoms with Crippen molar-refractivity contribution in [3.63, 3.8) is 0 Å². The van der Waals surface area contributed by atoms with Gasteiger partial charge in [0.1, 0.15) is 11.2 Å². The van der Waals surface area contributed by atoms with Crippen LogP contribution in [0.5, 0.6) is 0 Å². The lowest BCUT2D eigenvalue weighted by atomic mass is 9.67. The number of fused-ring (bicyclic) bond motifs is 6. The molecule has 75 heavy (non-hydrogen) atoms. The molecule has 2 nitrogen and oxygen atoms in total. The first-order valence-electron chi connectivity index (χ1n) is 25.8. The standard InChI is InChI=1S/C73H49NO/c1-5-18-50(19-6-1)56-46-57(51-20-7-2-8-21-51)48-58(47-56)53-34-41-62(42-35-53)74(61-39-32-52(33-40-61)55-38-45-71-67(49-55)65-26-14-16-31-70(65)75-71)63-43-36-54(37-44-63)64-28-17-30-69-72(64)66-27-13-15-29-68(66)73(69,59-22-9-3-10-23-59)60-24-11-4-12-25-60/h1-49H. The van der Waals surface area contributed by atoms with Crippen LogP contribution in [-0.4, -0.2) is 0 Å². The van der Waals surface area contributed by atoms with Gasteiger partial charge in [0.25, 0.3) is 0 Å². The Balaban J connectivity index is 0.878. The minimum Gasteiger partial charge on any atom is -0.456 e. The Bertz CT molecular complexity index is 4080. The highest BCUT2D eigenvalue weighted by Gasteiger charge is 2.46. The molecule has 0 N–H and O–H groups in total. The van der Waals surface area contributed by atoms with Crippen LogP contribution in [0.4, 0.5) is 17.1 Å². The normalized spacial score (nSPS) is 12.4. The van der Waals surface area contributed by atoms with Gasteiger partial charge in [0, 0.05) is 27.8 Å². The SMILES string of the molecule is c1ccc(-c2cc(-c3ccccc3)cc(-c3ccc(N(c4ccc(-c5ccc6oc7ccccc7c6c5)cc4)c4ccc(-c5cccc6c5-c5ccccc5C6(c5ccccc5)c5ccccc5)cc4)cc3)c2)cc1. The van der Waals surface area contributed by atoms with Crippen molar-refractivity contribution in [3.8, 4) is 66.8 Å². The summed E-state index contributed by atoms with van der Waals surface area (Å²) in [7, 11) is 0. The lowest BCUT2D eigenvalue weighted by Crippen LogP contribution is -2.28. The molecular formula is C73H49NO. The third kappa shape index (κ3) is 7.58. The predicted molar refractivity (Wildman–Crippen MR) is 313 cm³/mol. The third-order valence-corrected chi connectivity index (χ3v) is 15.4. The van der Waals surface area contributed by atoms with Crippen molar-refractivity contribution in [2.45, 2.75) is 5.41 Å². The van der Waals surface area contributed by atoms with E-state index in [1.54, 1.807) is 0 Å². The summed E-state index contributed by atoms with van der Waals surface area (Å²) in [6.07, 6.45) is 0. The van der Waals surface area contributed by atoms with E-state index in [1.807, 2.05) is 12.1 Å². The van der Waals surface area contributed by atoms with Gasteiger partial charge < -0.3 is 9.32 Å². The second kappa shape index (κ2) is 18.4. The largest absolute Gasteiger partial charge is 0.456 e. The van der Waals surface area contributed by atoms with Crippen LogP contribution in [0.15, 0.2) is 302 Å². The van der Waals surface area contributed by atoms with Crippen molar-refractivity contribution in [1.82, 2.24) is 0 Å². The molecule has 0 saturated heterocycles. The summed E-state index contributed by atoms with van der Waals surface area (Å²) in [5, 5.41) is 2.25. The number of benzene rings is 12. The Kier molecular flexibility index (Phi) is 10.8. The van der Waals surface area contributed by atoms with Gasteiger partial charge in [-0.3, -0.25) is 0 Å². The van der Waals surface area contributed by atoms with Gasteiger partial charge in [-0.25, -0.2) is 0 Å². The second-order valence-electron chi connectivity index (χ2n) is 19.6. The summed E-state index contributed by atoms with van der Waals surface area (Å²) in [6, 6.07) is 108. The summed E-state index contributed by atoms with van der Waals surface area (Å²) in [5.41, 5.74) is 24.0. The highest BCUT2D eigenvalue weighted by atomic mass is 16.3. The van der Waals surface area contributed by atoms with Gasteiger partial charge in [-0.1, -0.05) is 224 Å². The van der Waals surface area contributed by atoms with Gasteiger partial charge in [0.2, 0.25) is 0 Å². The molecule has 1 aromatic heterocycles. The molecule has 13 aromatic rings. The fourth-order valence-corrected chi connectivity index (χ4v) is 11.9. The molecule has 0 aliphatic heterocycles. The highest BCUT2D eigenvalue weighted by Crippen LogP contribution is 2.58. The molecule has 12 aromatic carbocycles. The van der Waals surface area contributed by atoms with Gasteiger partial charge in [-0.15, -0.1) is 0 Å². The maximum atomic E-state index is 6.19. The fourth-order valence-electron chi connectivity index (χ4n) is 11.9. The summed E-state index contributed by atoms with van der Waals surface area (Å²) in [4.78, 5) is 2.38. The lowest BCUT2D eigenvalue weighted by molar-refractivity contribution is 0.669. The molecule has 0 saturated carbocycles. The van der Waals surface area contributed by atoms with E-state index in [0.717, 1.165) is 55.7 Å². The molecule has 0 bridgehead atoms. The molecule has 1 heterocycles. The van der Waals surface area contributed by atoms with E-state index in [0.29, 0.717) is 0 Å². The molecule has 0 fully saturated rings. The molecule has 1 aliphatic rings. The Morgan fingerprint density at radius 1 is 0.253 bits per heavy atom. The average Bonchev–Trinajstić information content (AvgIpc) is 4.05. The number of hydrogen-bond donors (Lipinski definition) is 0. The molecule has 1 aliphatic carbocycles. The zero-order chi connectivity index (χ0) is 49.7. The van der Waals surface area contributed by atoms with Gasteiger partial charge in [0.15, 0.2) is 0 Å². The van der Waals surface area contributed by atoms with Crippen molar-refractivity contribution in [3.05, 3.63) is 320 Å². The smallest absolute Gasteiger partial charge is 0.135 e. The van der Waals surface area contributed by atoms with Crippen molar-refractivity contribution in [1.29, 1.82) is 0 Å². The van der Waals surface area contributed by atoms with Crippen LogP contribution >= 0.6 is 0 Å². The number of furan rings is 1. The molecule has 0 radical (unpaired) electrons. The number of anilines is 3. The topological polar surface area (TPSA) is 16.4 Å². The Hall–Kier alpha value is -9.76. The van der Waals surface area contributed by atoms with Crippen LogP contribution in [-0.2, 0) is 5.41 Å². The number of nitrogens with zero attached hydrogens (tertiary/aromatic N) is 1. The Labute approximate surface area is 437 Å². The van der Waals surface area contributed by atoms with Crippen molar-refractivity contribution < 1.29 is 4.42 Å². The molecule has 0 amide bonds. The second-order valence-corrected chi connectivity index (χ2v) is 19.6. The van der Waals surface area contributed by atoms with Crippen molar-refractivity contribution >= 4 is 39.0 Å². The zero-order valence-corrected chi connectivity index (χ0v) is 41.1. The molecule has 352 valence electrons. The number of hydrogen-bond acceptors (Lipinski definition) is 2. The first-order valence-corrected chi connectivity index (χ1v) is 25.8. The molecule has 0 atom stereocenters. The summed E-state index contributed by atoms with van der Waals surface area (Å²) < 4.78 is 6.19. The van der Waals surface area contributed by atoms with E-state index in [9.17, 15) is 0 Å². The van der Waals surface area contributed by atoms with Crippen LogP contribution in [0.3, 0.4) is 0 Å². The summed E-state index contributed by atoms with van der Waals surface area (Å²) in [6.45, 7) is 0. The third-order valence-electron chi connectivity index (χ3n) is 15.4. The molecular weight excluding hydrogens is 907 g/mol. The van der Waals surface area contributed by atoms with Crippen molar-refractivity contribution in [2.24, 2.45) is 0 Å². The quantitative estimate of drug-likeness (QED) is 0.136. The number of rotatable bonds is 10. The first kappa shape index (κ1) is 44.0. The van der Waals surface area contributed by atoms with Gasteiger partial charge in [-0.2, -0.15) is 0 Å². The Morgan fingerprint density at radius 2 is 0.667 bits per heavy atom. The number of para-hydroxylation sites is 1. The van der Waals surface area contributed by atoms with E-state index in [4.69, 9.17) is 4.42 Å². The van der Waals surface area contributed by atoms with E-state index in [-0.39, 0.29) is 0 Å². The van der Waals surface area contributed by atoms with Crippen LogP contribution in [0.2, 0.25) is 0 Å². The van der Waals surface area contributed by atoms with Gasteiger partial charge >= 0.3 is 0 Å². The molecule has 2 heteroatoms. The van der Waals surface area contributed by atoms with E-state index in [1.165, 1.54) is 72.3 Å².